The molecule has 0 saturated heterocycles. The summed E-state index contributed by atoms with van der Waals surface area (Å²) in [5, 5.41) is 1.12. The van der Waals surface area contributed by atoms with Crippen molar-refractivity contribution in [2.45, 2.75) is 13.0 Å². The minimum absolute atomic E-state index is 0.0265. The molecule has 0 aliphatic heterocycles. The number of hydrogen-bond donors (Lipinski definition) is 2. The number of benzene rings is 2. The molecule has 106 valence electrons. The standard InChI is InChI=1S/C17H16IN3/c1-11-4-2-6-14(16(11)18)17(21-19)13-7-8-15-12(10-13)5-3-9-20-15/h2-10,17,21H,19H2,1H3. The molecule has 21 heavy (non-hydrogen) atoms. The highest BCUT2D eigenvalue weighted by molar-refractivity contribution is 14.1. The van der Waals surface area contributed by atoms with E-state index in [9.17, 15) is 0 Å². The van der Waals surface area contributed by atoms with Gasteiger partial charge in [0, 0.05) is 15.2 Å². The molecule has 0 amide bonds. The molecule has 4 heteroatoms. The van der Waals surface area contributed by atoms with Gasteiger partial charge in [0.25, 0.3) is 0 Å². The molecule has 0 saturated carbocycles. The molecule has 1 unspecified atom stereocenters. The van der Waals surface area contributed by atoms with Gasteiger partial charge in [0.05, 0.1) is 11.6 Å². The van der Waals surface area contributed by atoms with Gasteiger partial charge in [0.2, 0.25) is 0 Å². The lowest BCUT2D eigenvalue weighted by Gasteiger charge is -2.19. The Labute approximate surface area is 137 Å². The van der Waals surface area contributed by atoms with Crippen LogP contribution in [-0.2, 0) is 0 Å². The van der Waals surface area contributed by atoms with Gasteiger partial charge in [-0.2, -0.15) is 0 Å². The minimum Gasteiger partial charge on any atom is -0.271 e. The first-order valence-electron chi connectivity index (χ1n) is 6.76. The lowest BCUT2D eigenvalue weighted by molar-refractivity contribution is 0.634. The molecule has 1 heterocycles. The lowest BCUT2D eigenvalue weighted by Crippen LogP contribution is -2.29. The van der Waals surface area contributed by atoms with E-state index in [1.807, 2.05) is 18.3 Å². The topological polar surface area (TPSA) is 50.9 Å². The molecule has 3 N–H and O–H groups in total. The van der Waals surface area contributed by atoms with Crippen molar-refractivity contribution < 1.29 is 0 Å². The molecular weight excluding hydrogens is 373 g/mol. The average Bonchev–Trinajstić information content (AvgIpc) is 2.52. The fourth-order valence-electron chi connectivity index (χ4n) is 2.53. The summed E-state index contributed by atoms with van der Waals surface area (Å²) in [5.41, 5.74) is 7.53. The summed E-state index contributed by atoms with van der Waals surface area (Å²) in [4.78, 5) is 4.36. The number of hydrogen-bond acceptors (Lipinski definition) is 3. The molecule has 0 aliphatic carbocycles. The van der Waals surface area contributed by atoms with Gasteiger partial charge in [0.15, 0.2) is 0 Å². The third-order valence-electron chi connectivity index (χ3n) is 3.66. The van der Waals surface area contributed by atoms with Crippen molar-refractivity contribution in [1.82, 2.24) is 10.4 Å². The first-order valence-corrected chi connectivity index (χ1v) is 7.84. The summed E-state index contributed by atoms with van der Waals surface area (Å²) in [6, 6.07) is 16.6. The third kappa shape index (κ3) is 2.79. The van der Waals surface area contributed by atoms with E-state index >= 15 is 0 Å². The van der Waals surface area contributed by atoms with Crippen LogP contribution < -0.4 is 11.3 Å². The van der Waals surface area contributed by atoms with Gasteiger partial charge in [-0.1, -0.05) is 30.3 Å². The van der Waals surface area contributed by atoms with Gasteiger partial charge in [0.1, 0.15) is 0 Å². The summed E-state index contributed by atoms with van der Waals surface area (Å²) in [5.74, 6) is 5.83. The number of nitrogens with two attached hydrogens (primary N) is 1. The number of aryl methyl sites for hydroxylation is 1. The van der Waals surface area contributed by atoms with E-state index in [1.54, 1.807) is 0 Å². The van der Waals surface area contributed by atoms with Crippen LogP contribution in [0.15, 0.2) is 54.7 Å². The smallest absolute Gasteiger partial charge is 0.0720 e. The predicted octanol–water partition coefficient (Wildman–Crippen LogP) is 3.70. The lowest BCUT2D eigenvalue weighted by atomic mass is 9.96. The maximum absolute atomic E-state index is 5.83. The number of fused-ring (bicyclic) bond motifs is 1. The van der Waals surface area contributed by atoms with Crippen LogP contribution >= 0.6 is 22.6 Å². The van der Waals surface area contributed by atoms with Crippen LogP contribution in [0.5, 0.6) is 0 Å². The van der Waals surface area contributed by atoms with Crippen LogP contribution in [0.4, 0.5) is 0 Å². The second-order valence-corrected chi connectivity index (χ2v) is 6.11. The van der Waals surface area contributed by atoms with Crippen molar-refractivity contribution in [3.63, 3.8) is 0 Å². The predicted molar refractivity (Wildman–Crippen MR) is 94.8 cm³/mol. The Kier molecular flexibility index (Phi) is 4.19. The molecule has 3 nitrogen and oxygen atoms in total. The largest absolute Gasteiger partial charge is 0.271 e. The Morgan fingerprint density at radius 1 is 1.14 bits per heavy atom. The molecule has 1 atom stereocenters. The van der Waals surface area contributed by atoms with E-state index in [1.165, 1.54) is 14.7 Å². The summed E-state index contributed by atoms with van der Waals surface area (Å²) < 4.78 is 1.24. The van der Waals surface area contributed by atoms with Crippen molar-refractivity contribution in [2.75, 3.05) is 0 Å². The second kappa shape index (κ2) is 6.09. The number of halogens is 1. The monoisotopic (exact) mass is 389 g/mol. The molecule has 2 aromatic carbocycles. The minimum atomic E-state index is -0.0265. The highest BCUT2D eigenvalue weighted by atomic mass is 127. The van der Waals surface area contributed by atoms with E-state index in [0.717, 1.165) is 16.5 Å². The molecule has 0 aliphatic rings. The number of aromatic nitrogens is 1. The molecule has 1 aromatic heterocycles. The average molecular weight is 389 g/mol. The van der Waals surface area contributed by atoms with E-state index in [0.29, 0.717) is 0 Å². The van der Waals surface area contributed by atoms with Gasteiger partial charge >= 0.3 is 0 Å². The first-order chi connectivity index (χ1) is 10.2. The van der Waals surface area contributed by atoms with Gasteiger partial charge in [-0.25, -0.2) is 5.43 Å². The van der Waals surface area contributed by atoms with E-state index in [4.69, 9.17) is 5.84 Å². The number of nitrogens with one attached hydrogen (secondary N) is 1. The highest BCUT2D eigenvalue weighted by Gasteiger charge is 2.16. The maximum Gasteiger partial charge on any atom is 0.0720 e. The zero-order valence-corrected chi connectivity index (χ0v) is 13.8. The van der Waals surface area contributed by atoms with Crippen molar-refractivity contribution in [1.29, 1.82) is 0 Å². The Morgan fingerprint density at radius 2 is 2.00 bits per heavy atom. The van der Waals surface area contributed by atoms with Gasteiger partial charge in [-0.05, 0) is 64.4 Å². The number of nitrogens with zero attached hydrogens (tertiary/aromatic N) is 1. The van der Waals surface area contributed by atoms with Gasteiger partial charge in [-0.15, -0.1) is 0 Å². The number of hydrazine groups is 1. The van der Waals surface area contributed by atoms with Crippen molar-refractivity contribution >= 4 is 33.5 Å². The van der Waals surface area contributed by atoms with Crippen LogP contribution in [0, 0.1) is 10.5 Å². The summed E-state index contributed by atoms with van der Waals surface area (Å²) in [6.45, 7) is 2.11. The zero-order chi connectivity index (χ0) is 14.8. The van der Waals surface area contributed by atoms with E-state index < -0.39 is 0 Å². The van der Waals surface area contributed by atoms with Gasteiger partial charge in [-0.3, -0.25) is 10.8 Å². The maximum atomic E-state index is 5.83. The normalized spacial score (nSPS) is 12.5. The molecule has 0 fully saturated rings. The van der Waals surface area contributed by atoms with Crippen LogP contribution in [-0.4, -0.2) is 4.98 Å². The second-order valence-electron chi connectivity index (χ2n) is 5.03. The van der Waals surface area contributed by atoms with E-state index in [2.05, 4.69) is 76.3 Å². The quantitative estimate of drug-likeness (QED) is 0.408. The Balaban J connectivity index is 2.11. The third-order valence-corrected chi connectivity index (χ3v) is 5.13. The zero-order valence-electron chi connectivity index (χ0n) is 11.7. The van der Waals surface area contributed by atoms with Crippen LogP contribution in [0.3, 0.4) is 0 Å². The van der Waals surface area contributed by atoms with Crippen molar-refractivity contribution in [3.8, 4) is 0 Å². The molecule has 0 spiro atoms. The molecule has 0 radical (unpaired) electrons. The molecule has 3 aromatic rings. The number of pyridine rings is 1. The fourth-order valence-corrected chi connectivity index (χ4v) is 3.20. The molecular formula is C17H16IN3. The SMILES string of the molecule is Cc1cccc(C(NN)c2ccc3ncccc3c2)c1I. The van der Waals surface area contributed by atoms with E-state index in [-0.39, 0.29) is 6.04 Å². The summed E-state index contributed by atoms with van der Waals surface area (Å²) in [7, 11) is 0. The Morgan fingerprint density at radius 3 is 2.81 bits per heavy atom. The van der Waals surface area contributed by atoms with Crippen molar-refractivity contribution in [2.24, 2.45) is 5.84 Å². The van der Waals surface area contributed by atoms with Crippen LogP contribution in [0.2, 0.25) is 0 Å². The highest BCUT2D eigenvalue weighted by Crippen LogP contribution is 2.29. The molecule has 3 rings (SSSR count). The summed E-state index contributed by atoms with van der Waals surface area (Å²) >= 11 is 2.38. The van der Waals surface area contributed by atoms with Crippen molar-refractivity contribution in [3.05, 3.63) is 75.0 Å². The number of rotatable bonds is 3. The first kappa shape index (κ1) is 14.4. The van der Waals surface area contributed by atoms with Crippen LogP contribution in [0.25, 0.3) is 10.9 Å². The fraction of sp³-hybridized carbons (Fsp3) is 0.118. The van der Waals surface area contributed by atoms with Gasteiger partial charge < -0.3 is 0 Å². The summed E-state index contributed by atoms with van der Waals surface area (Å²) in [6.07, 6.45) is 1.81. The van der Waals surface area contributed by atoms with Crippen LogP contribution in [0.1, 0.15) is 22.7 Å². The Bertz CT molecular complexity index is 786. The Hall–Kier alpha value is -1.50. The molecule has 0 bridgehead atoms.